The van der Waals surface area contributed by atoms with Crippen molar-refractivity contribution in [3.05, 3.63) is 95.8 Å². The normalized spacial score (nSPS) is 10.7. The average molecular weight is 344 g/mol. The van der Waals surface area contributed by atoms with Gasteiger partial charge < -0.3 is 10.1 Å². The number of nitrogens with one attached hydrogen (secondary N) is 1. The molecule has 2 aromatic carbocycles. The van der Waals surface area contributed by atoms with Crippen LogP contribution in [0, 0.1) is 6.92 Å². The molecule has 0 saturated carbocycles. The number of amides is 1. The molecule has 0 radical (unpaired) electrons. The van der Waals surface area contributed by atoms with Gasteiger partial charge in [0.15, 0.2) is 0 Å². The topological polar surface area (TPSA) is 51.2 Å². The van der Waals surface area contributed by atoms with E-state index < -0.39 is 0 Å². The van der Waals surface area contributed by atoms with Crippen LogP contribution in [0.3, 0.4) is 0 Å². The zero-order chi connectivity index (χ0) is 18.2. The van der Waals surface area contributed by atoms with Gasteiger partial charge in [0.1, 0.15) is 12.4 Å². The third-order valence-electron chi connectivity index (χ3n) is 3.72. The highest BCUT2D eigenvalue weighted by molar-refractivity contribution is 6.01. The Bertz CT molecular complexity index is 888. The molecule has 0 aliphatic heterocycles. The van der Waals surface area contributed by atoms with Crippen LogP contribution in [-0.4, -0.2) is 10.9 Å². The lowest BCUT2D eigenvalue weighted by Crippen LogP contribution is -2.07. The van der Waals surface area contributed by atoms with E-state index in [0.717, 1.165) is 28.3 Å². The number of nitrogens with zero attached hydrogens (tertiary/aromatic N) is 1. The van der Waals surface area contributed by atoms with Gasteiger partial charge in [-0.2, -0.15) is 0 Å². The van der Waals surface area contributed by atoms with Gasteiger partial charge in [-0.15, -0.1) is 0 Å². The van der Waals surface area contributed by atoms with Crippen LogP contribution in [0.25, 0.3) is 6.08 Å². The van der Waals surface area contributed by atoms with Crippen molar-refractivity contribution in [1.82, 2.24) is 4.98 Å². The molecule has 0 fully saturated rings. The van der Waals surface area contributed by atoms with E-state index in [-0.39, 0.29) is 5.91 Å². The minimum atomic E-state index is -0.181. The quantitative estimate of drug-likeness (QED) is 0.664. The molecule has 0 unspecified atom stereocenters. The number of aromatic nitrogens is 1. The van der Waals surface area contributed by atoms with Crippen LogP contribution in [0.5, 0.6) is 5.75 Å². The first-order chi connectivity index (χ1) is 12.7. The number of benzene rings is 2. The molecule has 4 heteroatoms. The van der Waals surface area contributed by atoms with E-state index >= 15 is 0 Å². The Balaban J connectivity index is 1.53. The number of pyridine rings is 1. The Kier molecular flexibility index (Phi) is 5.78. The second kappa shape index (κ2) is 8.62. The van der Waals surface area contributed by atoms with E-state index in [4.69, 9.17) is 4.74 Å². The first kappa shape index (κ1) is 17.4. The molecule has 0 aliphatic carbocycles. The van der Waals surface area contributed by atoms with Gasteiger partial charge in [-0.25, -0.2) is 0 Å². The average Bonchev–Trinajstić information content (AvgIpc) is 2.66. The largest absolute Gasteiger partial charge is 0.489 e. The van der Waals surface area contributed by atoms with Crippen molar-refractivity contribution in [1.29, 1.82) is 0 Å². The highest BCUT2D eigenvalue weighted by atomic mass is 16.5. The summed E-state index contributed by atoms with van der Waals surface area (Å²) in [6.45, 7) is 2.41. The summed E-state index contributed by atoms with van der Waals surface area (Å²) < 4.78 is 5.75. The fourth-order valence-electron chi connectivity index (χ4n) is 2.40. The molecule has 0 spiro atoms. The zero-order valence-corrected chi connectivity index (χ0v) is 14.6. The highest BCUT2D eigenvalue weighted by Crippen LogP contribution is 2.15. The maximum atomic E-state index is 12.0. The number of carbonyl (C=O) groups excluding carboxylic acids is 1. The van der Waals surface area contributed by atoms with Gasteiger partial charge in [0.05, 0.1) is 0 Å². The molecule has 130 valence electrons. The molecule has 1 heterocycles. The molecule has 3 aromatic rings. The summed E-state index contributed by atoms with van der Waals surface area (Å²) in [7, 11) is 0. The minimum Gasteiger partial charge on any atom is -0.489 e. The van der Waals surface area contributed by atoms with Crippen LogP contribution < -0.4 is 10.1 Å². The van der Waals surface area contributed by atoms with E-state index in [1.165, 1.54) is 6.08 Å². The Labute approximate surface area is 153 Å². The van der Waals surface area contributed by atoms with Crippen molar-refractivity contribution in [2.24, 2.45) is 0 Å². The Hall–Kier alpha value is -3.40. The monoisotopic (exact) mass is 344 g/mol. The number of hydrogen-bond donors (Lipinski definition) is 1. The van der Waals surface area contributed by atoms with Crippen LogP contribution in [0.4, 0.5) is 5.69 Å². The Morgan fingerprint density at radius 1 is 1.08 bits per heavy atom. The summed E-state index contributed by atoms with van der Waals surface area (Å²) in [5.41, 5.74) is 3.65. The van der Waals surface area contributed by atoms with E-state index in [1.807, 2.05) is 67.6 Å². The first-order valence-corrected chi connectivity index (χ1v) is 8.37. The van der Waals surface area contributed by atoms with Gasteiger partial charge >= 0.3 is 0 Å². The van der Waals surface area contributed by atoms with Crippen LogP contribution in [-0.2, 0) is 11.4 Å². The van der Waals surface area contributed by atoms with Gasteiger partial charge in [-0.1, -0.05) is 42.5 Å². The molecular weight excluding hydrogens is 324 g/mol. The number of carbonyl (C=O) groups is 1. The second-order valence-electron chi connectivity index (χ2n) is 5.85. The predicted molar refractivity (Wildman–Crippen MR) is 104 cm³/mol. The number of aryl methyl sites for hydroxylation is 1. The molecule has 1 aromatic heterocycles. The number of ether oxygens (including phenoxy) is 1. The molecule has 3 rings (SSSR count). The minimum absolute atomic E-state index is 0.181. The molecular formula is C22H20N2O2. The summed E-state index contributed by atoms with van der Waals surface area (Å²) in [5.74, 6) is 0.614. The summed E-state index contributed by atoms with van der Waals surface area (Å²) in [6.07, 6.45) is 4.95. The maximum Gasteiger partial charge on any atom is 0.248 e. The van der Waals surface area contributed by atoms with Gasteiger partial charge in [0, 0.05) is 23.7 Å². The first-order valence-electron chi connectivity index (χ1n) is 8.37. The van der Waals surface area contributed by atoms with Crippen molar-refractivity contribution in [2.75, 3.05) is 5.32 Å². The van der Waals surface area contributed by atoms with Gasteiger partial charge in [0.25, 0.3) is 0 Å². The third-order valence-corrected chi connectivity index (χ3v) is 3.72. The molecule has 1 N–H and O–H groups in total. The van der Waals surface area contributed by atoms with Crippen molar-refractivity contribution < 1.29 is 9.53 Å². The number of rotatable bonds is 6. The molecule has 0 bridgehead atoms. The lowest BCUT2D eigenvalue weighted by molar-refractivity contribution is -0.111. The lowest BCUT2D eigenvalue weighted by atomic mass is 10.2. The van der Waals surface area contributed by atoms with Crippen molar-refractivity contribution in [2.45, 2.75) is 13.5 Å². The Morgan fingerprint density at radius 2 is 1.85 bits per heavy atom. The lowest BCUT2D eigenvalue weighted by Gasteiger charge is -2.06. The van der Waals surface area contributed by atoms with Gasteiger partial charge in [-0.3, -0.25) is 9.78 Å². The molecule has 0 saturated heterocycles. The number of anilines is 1. The fraction of sp³-hybridized carbons (Fsp3) is 0.0909. The smallest absolute Gasteiger partial charge is 0.248 e. The standard InChI is InChI=1S/C22H20N2O2/c1-17-15-20(13-14-23-17)24-22(25)12-9-18-7-10-21(11-8-18)26-16-19-5-3-2-4-6-19/h2-15H,16H2,1H3,(H,23,24,25)/b12-9+. The zero-order valence-electron chi connectivity index (χ0n) is 14.6. The van der Waals surface area contributed by atoms with Crippen LogP contribution in [0.1, 0.15) is 16.8 Å². The molecule has 0 atom stereocenters. The number of hydrogen-bond acceptors (Lipinski definition) is 3. The van der Waals surface area contributed by atoms with E-state index in [1.54, 1.807) is 18.3 Å². The maximum absolute atomic E-state index is 12.0. The molecule has 0 aliphatic rings. The molecule has 26 heavy (non-hydrogen) atoms. The van der Waals surface area contributed by atoms with Gasteiger partial charge in [0.2, 0.25) is 5.91 Å². The third kappa shape index (κ3) is 5.31. The summed E-state index contributed by atoms with van der Waals surface area (Å²) in [5, 5.41) is 2.81. The van der Waals surface area contributed by atoms with Crippen molar-refractivity contribution in [3.8, 4) is 5.75 Å². The van der Waals surface area contributed by atoms with E-state index in [9.17, 15) is 4.79 Å². The predicted octanol–water partition coefficient (Wildman–Crippen LogP) is 4.62. The molecule has 4 nitrogen and oxygen atoms in total. The summed E-state index contributed by atoms with van der Waals surface area (Å²) >= 11 is 0. The second-order valence-corrected chi connectivity index (χ2v) is 5.85. The summed E-state index contributed by atoms with van der Waals surface area (Å²) in [4.78, 5) is 16.1. The van der Waals surface area contributed by atoms with Crippen LogP contribution >= 0.6 is 0 Å². The Morgan fingerprint density at radius 3 is 2.58 bits per heavy atom. The fourth-order valence-corrected chi connectivity index (χ4v) is 2.40. The molecule has 1 amide bonds. The SMILES string of the molecule is Cc1cc(NC(=O)/C=C/c2ccc(OCc3ccccc3)cc2)ccn1. The van der Waals surface area contributed by atoms with Crippen molar-refractivity contribution in [3.63, 3.8) is 0 Å². The van der Waals surface area contributed by atoms with Crippen LogP contribution in [0.15, 0.2) is 79.0 Å². The highest BCUT2D eigenvalue weighted by Gasteiger charge is 1.99. The van der Waals surface area contributed by atoms with Gasteiger partial charge in [-0.05, 0) is 48.4 Å². The van der Waals surface area contributed by atoms with Crippen molar-refractivity contribution >= 4 is 17.7 Å². The van der Waals surface area contributed by atoms with E-state index in [0.29, 0.717) is 6.61 Å². The summed E-state index contributed by atoms with van der Waals surface area (Å²) in [6, 6.07) is 21.2. The van der Waals surface area contributed by atoms with Crippen LogP contribution in [0.2, 0.25) is 0 Å². The van der Waals surface area contributed by atoms with E-state index in [2.05, 4.69) is 10.3 Å².